The third-order valence-electron chi connectivity index (χ3n) is 2.04. The van der Waals surface area contributed by atoms with E-state index in [9.17, 15) is 0 Å². The SMILES string of the molecule is CCC1=CC(N)C(C)C=C1. The topological polar surface area (TPSA) is 26.0 Å². The second-order valence-corrected chi connectivity index (χ2v) is 2.89. The molecule has 0 saturated carbocycles. The molecule has 0 radical (unpaired) electrons. The predicted octanol–water partition coefficient (Wildman–Crippen LogP) is 1.86. The van der Waals surface area contributed by atoms with Crippen molar-refractivity contribution in [3.8, 4) is 0 Å². The molecule has 2 N–H and O–H groups in total. The normalized spacial score (nSPS) is 32.1. The van der Waals surface area contributed by atoms with Crippen molar-refractivity contribution in [1.82, 2.24) is 0 Å². The van der Waals surface area contributed by atoms with Crippen LogP contribution in [-0.4, -0.2) is 6.04 Å². The maximum atomic E-state index is 5.82. The smallest absolute Gasteiger partial charge is 0.0290 e. The number of hydrogen-bond donors (Lipinski definition) is 1. The van der Waals surface area contributed by atoms with Gasteiger partial charge in [-0.15, -0.1) is 0 Å². The van der Waals surface area contributed by atoms with Gasteiger partial charge in [0.2, 0.25) is 0 Å². The number of nitrogens with two attached hydrogens (primary N) is 1. The lowest BCUT2D eigenvalue weighted by atomic mass is 9.93. The van der Waals surface area contributed by atoms with Gasteiger partial charge in [-0.2, -0.15) is 0 Å². The molecule has 2 unspecified atom stereocenters. The van der Waals surface area contributed by atoms with E-state index in [1.54, 1.807) is 0 Å². The molecule has 1 heteroatoms. The van der Waals surface area contributed by atoms with E-state index in [2.05, 4.69) is 32.1 Å². The first-order valence-electron chi connectivity index (χ1n) is 3.88. The second kappa shape index (κ2) is 3.02. The zero-order chi connectivity index (χ0) is 7.56. The molecule has 1 aliphatic rings. The van der Waals surface area contributed by atoms with Gasteiger partial charge >= 0.3 is 0 Å². The largest absolute Gasteiger partial charge is 0.324 e. The first-order chi connectivity index (χ1) is 4.74. The highest BCUT2D eigenvalue weighted by molar-refractivity contribution is 5.26. The van der Waals surface area contributed by atoms with Crippen LogP contribution in [0.15, 0.2) is 23.8 Å². The molecule has 0 bridgehead atoms. The molecule has 1 rings (SSSR count). The summed E-state index contributed by atoms with van der Waals surface area (Å²) in [4.78, 5) is 0. The van der Waals surface area contributed by atoms with Gasteiger partial charge in [0.05, 0.1) is 0 Å². The Labute approximate surface area is 62.6 Å². The fraction of sp³-hybridized carbons (Fsp3) is 0.556. The maximum Gasteiger partial charge on any atom is 0.0290 e. The lowest BCUT2D eigenvalue weighted by molar-refractivity contribution is 0.618. The van der Waals surface area contributed by atoms with Gasteiger partial charge in [0.15, 0.2) is 0 Å². The first-order valence-corrected chi connectivity index (χ1v) is 3.88. The lowest BCUT2D eigenvalue weighted by Gasteiger charge is -2.17. The van der Waals surface area contributed by atoms with E-state index in [0.29, 0.717) is 5.92 Å². The first kappa shape index (κ1) is 7.55. The van der Waals surface area contributed by atoms with Gasteiger partial charge in [0, 0.05) is 6.04 Å². The van der Waals surface area contributed by atoms with E-state index in [1.807, 2.05) is 0 Å². The van der Waals surface area contributed by atoms with Crippen molar-refractivity contribution in [2.75, 3.05) is 0 Å². The van der Waals surface area contributed by atoms with Crippen molar-refractivity contribution in [3.05, 3.63) is 23.8 Å². The molecule has 0 aromatic heterocycles. The van der Waals surface area contributed by atoms with Crippen LogP contribution < -0.4 is 5.73 Å². The summed E-state index contributed by atoms with van der Waals surface area (Å²) in [6.07, 6.45) is 7.61. The van der Waals surface area contributed by atoms with E-state index in [0.717, 1.165) is 6.42 Å². The lowest BCUT2D eigenvalue weighted by Crippen LogP contribution is -2.26. The Balaban J connectivity index is 2.66. The van der Waals surface area contributed by atoms with E-state index in [1.165, 1.54) is 5.57 Å². The van der Waals surface area contributed by atoms with Gasteiger partial charge in [-0.3, -0.25) is 0 Å². The molecule has 1 nitrogen and oxygen atoms in total. The standard InChI is InChI=1S/C9H15N/c1-3-8-5-4-7(2)9(10)6-8/h4-7,9H,3,10H2,1-2H3. The van der Waals surface area contributed by atoms with Gasteiger partial charge in [0.1, 0.15) is 0 Å². The molecule has 56 valence electrons. The minimum absolute atomic E-state index is 0.236. The average molecular weight is 137 g/mol. The van der Waals surface area contributed by atoms with Crippen LogP contribution in [0, 0.1) is 5.92 Å². The molecule has 0 fully saturated rings. The molecule has 0 amide bonds. The fourth-order valence-electron chi connectivity index (χ4n) is 1.09. The molecule has 1 aliphatic carbocycles. The predicted molar refractivity (Wildman–Crippen MR) is 44.7 cm³/mol. The van der Waals surface area contributed by atoms with Crippen LogP contribution in [-0.2, 0) is 0 Å². The highest BCUT2D eigenvalue weighted by Gasteiger charge is 2.10. The Morgan fingerprint density at radius 2 is 2.30 bits per heavy atom. The van der Waals surface area contributed by atoms with E-state index in [-0.39, 0.29) is 6.04 Å². The quantitative estimate of drug-likeness (QED) is 0.586. The van der Waals surface area contributed by atoms with Crippen LogP contribution in [0.25, 0.3) is 0 Å². The summed E-state index contributed by atoms with van der Waals surface area (Å²) in [5, 5.41) is 0. The molecular weight excluding hydrogens is 122 g/mol. The maximum absolute atomic E-state index is 5.82. The monoisotopic (exact) mass is 137 g/mol. The zero-order valence-corrected chi connectivity index (χ0v) is 6.67. The van der Waals surface area contributed by atoms with E-state index < -0.39 is 0 Å². The summed E-state index contributed by atoms with van der Waals surface area (Å²) in [6.45, 7) is 4.29. The van der Waals surface area contributed by atoms with Crippen molar-refractivity contribution < 1.29 is 0 Å². The highest BCUT2D eigenvalue weighted by Crippen LogP contribution is 2.16. The molecule has 0 heterocycles. The summed E-state index contributed by atoms with van der Waals surface area (Å²) in [7, 11) is 0. The molecule has 0 aliphatic heterocycles. The minimum atomic E-state index is 0.236. The van der Waals surface area contributed by atoms with E-state index >= 15 is 0 Å². The minimum Gasteiger partial charge on any atom is -0.324 e. The summed E-state index contributed by atoms with van der Waals surface area (Å²) in [6, 6.07) is 0.236. The molecule has 0 spiro atoms. The second-order valence-electron chi connectivity index (χ2n) is 2.89. The van der Waals surface area contributed by atoms with E-state index in [4.69, 9.17) is 5.73 Å². The third kappa shape index (κ3) is 1.48. The van der Waals surface area contributed by atoms with Gasteiger partial charge < -0.3 is 5.73 Å². The van der Waals surface area contributed by atoms with Crippen molar-refractivity contribution in [2.45, 2.75) is 26.3 Å². The Kier molecular flexibility index (Phi) is 2.28. The summed E-state index contributed by atoms with van der Waals surface area (Å²) >= 11 is 0. The van der Waals surface area contributed by atoms with Gasteiger partial charge in [-0.1, -0.05) is 37.6 Å². The van der Waals surface area contributed by atoms with Crippen LogP contribution in [0.3, 0.4) is 0 Å². The molecule has 0 aromatic carbocycles. The van der Waals surface area contributed by atoms with Gasteiger partial charge in [-0.25, -0.2) is 0 Å². The van der Waals surface area contributed by atoms with Gasteiger partial charge in [0.25, 0.3) is 0 Å². The van der Waals surface area contributed by atoms with Crippen molar-refractivity contribution in [3.63, 3.8) is 0 Å². The average Bonchev–Trinajstić information content (AvgIpc) is 1.95. The fourth-order valence-corrected chi connectivity index (χ4v) is 1.09. The Morgan fingerprint density at radius 1 is 1.60 bits per heavy atom. The summed E-state index contributed by atoms with van der Waals surface area (Å²) in [5.41, 5.74) is 7.18. The van der Waals surface area contributed by atoms with Crippen LogP contribution in [0.4, 0.5) is 0 Å². The van der Waals surface area contributed by atoms with Crippen LogP contribution >= 0.6 is 0 Å². The summed E-state index contributed by atoms with van der Waals surface area (Å²) < 4.78 is 0. The molecular formula is C9H15N. The number of hydrogen-bond acceptors (Lipinski definition) is 1. The Hall–Kier alpha value is -0.560. The van der Waals surface area contributed by atoms with Crippen molar-refractivity contribution in [2.24, 2.45) is 11.7 Å². The number of allylic oxidation sites excluding steroid dienone is 2. The number of rotatable bonds is 1. The van der Waals surface area contributed by atoms with Crippen molar-refractivity contribution in [1.29, 1.82) is 0 Å². The van der Waals surface area contributed by atoms with Crippen LogP contribution in [0.2, 0.25) is 0 Å². The molecule has 0 aromatic rings. The molecule has 0 saturated heterocycles. The van der Waals surface area contributed by atoms with Crippen LogP contribution in [0.1, 0.15) is 20.3 Å². The highest BCUT2D eigenvalue weighted by atomic mass is 14.6. The van der Waals surface area contributed by atoms with Crippen LogP contribution in [0.5, 0.6) is 0 Å². The molecule has 2 atom stereocenters. The van der Waals surface area contributed by atoms with Gasteiger partial charge in [-0.05, 0) is 12.3 Å². The zero-order valence-electron chi connectivity index (χ0n) is 6.67. The Morgan fingerprint density at radius 3 is 2.80 bits per heavy atom. The Bertz CT molecular complexity index is 168. The third-order valence-corrected chi connectivity index (χ3v) is 2.04. The summed E-state index contributed by atoms with van der Waals surface area (Å²) in [5.74, 6) is 0.510. The molecule has 10 heavy (non-hydrogen) atoms. The van der Waals surface area contributed by atoms with Crippen molar-refractivity contribution >= 4 is 0 Å².